The second-order valence-corrected chi connectivity index (χ2v) is 2.81. The minimum Gasteiger partial charge on any atom is -0.361 e. The Kier molecular flexibility index (Phi) is 2.76. The molecular weight excluding hydrogens is 197 g/mol. The van der Waals surface area contributed by atoms with Crippen molar-refractivity contribution >= 4 is 0 Å². The second-order valence-electron chi connectivity index (χ2n) is 2.81. The maximum absolute atomic E-state index is 12.6. The number of nitrogens with one attached hydrogen (secondary N) is 1. The predicted molar refractivity (Wildman–Crippen MR) is 33.6 cm³/mol. The van der Waals surface area contributed by atoms with Crippen molar-refractivity contribution in [3.05, 3.63) is 0 Å². The molecule has 0 aliphatic carbocycles. The van der Waals surface area contributed by atoms with Gasteiger partial charge in [0.2, 0.25) is 0 Å². The maximum Gasteiger partial charge on any atom is 0.411 e. The van der Waals surface area contributed by atoms with Gasteiger partial charge in [0.05, 0.1) is 6.54 Å². The molecule has 0 aromatic carbocycles. The molecule has 1 aliphatic rings. The molecule has 7 heteroatoms. The van der Waals surface area contributed by atoms with Crippen LogP contribution in [0.2, 0.25) is 0 Å². The highest BCUT2D eigenvalue weighted by Gasteiger charge is 2.46. The molecular formula is C6H8F5NO. The summed E-state index contributed by atoms with van der Waals surface area (Å²) >= 11 is 0. The van der Waals surface area contributed by atoms with Gasteiger partial charge >= 0.3 is 6.18 Å². The van der Waals surface area contributed by atoms with Crippen molar-refractivity contribution in [3.63, 3.8) is 0 Å². The molecule has 1 saturated heterocycles. The second kappa shape index (κ2) is 3.38. The van der Waals surface area contributed by atoms with Crippen LogP contribution < -0.4 is 5.32 Å². The van der Waals surface area contributed by atoms with Crippen LogP contribution >= 0.6 is 0 Å². The van der Waals surface area contributed by atoms with Crippen molar-refractivity contribution in [2.24, 2.45) is 0 Å². The Labute approximate surface area is 71.0 Å². The van der Waals surface area contributed by atoms with Crippen LogP contribution in [0.25, 0.3) is 0 Å². The molecule has 13 heavy (non-hydrogen) atoms. The Balaban J connectivity index is 2.37. The van der Waals surface area contributed by atoms with Gasteiger partial charge in [-0.25, -0.2) is 8.78 Å². The normalized spacial score (nSPS) is 27.9. The van der Waals surface area contributed by atoms with Gasteiger partial charge in [-0.05, 0) is 0 Å². The number of hydrogen-bond donors (Lipinski definition) is 1. The van der Waals surface area contributed by atoms with E-state index in [1.807, 2.05) is 0 Å². The molecule has 0 spiro atoms. The fourth-order valence-electron chi connectivity index (χ4n) is 1.01. The number of rotatable bonds is 2. The fourth-order valence-corrected chi connectivity index (χ4v) is 1.01. The summed E-state index contributed by atoms with van der Waals surface area (Å²) in [6.45, 7) is -2.51. The van der Waals surface area contributed by atoms with Gasteiger partial charge in [-0.15, -0.1) is 0 Å². The fraction of sp³-hybridized carbons (Fsp3) is 1.00. The summed E-state index contributed by atoms with van der Waals surface area (Å²) < 4.78 is 64.0. The SMILES string of the molecule is FC(F)(F)COC1CNCC1(F)F. The third kappa shape index (κ3) is 3.07. The van der Waals surface area contributed by atoms with Crippen molar-refractivity contribution < 1.29 is 26.7 Å². The zero-order valence-corrected chi connectivity index (χ0v) is 6.50. The Morgan fingerprint density at radius 1 is 1.38 bits per heavy atom. The molecule has 1 unspecified atom stereocenters. The van der Waals surface area contributed by atoms with Crippen LogP contribution in [0.3, 0.4) is 0 Å². The van der Waals surface area contributed by atoms with E-state index in [1.54, 1.807) is 0 Å². The van der Waals surface area contributed by atoms with Crippen molar-refractivity contribution in [1.82, 2.24) is 5.32 Å². The first-order valence-corrected chi connectivity index (χ1v) is 3.58. The summed E-state index contributed by atoms with van der Waals surface area (Å²) in [5.41, 5.74) is 0. The molecule has 78 valence electrons. The Hall–Kier alpha value is -0.430. The molecule has 1 atom stereocenters. The quantitative estimate of drug-likeness (QED) is 0.683. The van der Waals surface area contributed by atoms with Gasteiger partial charge < -0.3 is 10.1 Å². The van der Waals surface area contributed by atoms with E-state index in [4.69, 9.17) is 0 Å². The van der Waals surface area contributed by atoms with Crippen LogP contribution in [-0.2, 0) is 4.74 Å². The molecule has 0 amide bonds. The van der Waals surface area contributed by atoms with E-state index in [9.17, 15) is 22.0 Å². The van der Waals surface area contributed by atoms with Gasteiger partial charge in [0.15, 0.2) is 0 Å². The summed E-state index contributed by atoms with van der Waals surface area (Å²) in [5, 5.41) is 2.26. The lowest BCUT2D eigenvalue weighted by molar-refractivity contribution is -0.206. The molecule has 0 aromatic heterocycles. The highest BCUT2D eigenvalue weighted by Crippen LogP contribution is 2.26. The minimum atomic E-state index is -4.56. The number of halogens is 5. The van der Waals surface area contributed by atoms with Crippen molar-refractivity contribution in [2.45, 2.75) is 18.2 Å². The number of hydrogen-bond acceptors (Lipinski definition) is 2. The zero-order chi connectivity index (χ0) is 10.1. The average Bonchev–Trinajstić information content (AvgIpc) is 2.23. The Morgan fingerprint density at radius 3 is 2.38 bits per heavy atom. The standard InChI is InChI=1S/C6H8F5NO/c7-5(8)2-12-1-4(5)13-3-6(9,10)11/h4,12H,1-3H2. The molecule has 1 N–H and O–H groups in total. The lowest BCUT2D eigenvalue weighted by atomic mass is 10.2. The number of alkyl halides is 5. The largest absolute Gasteiger partial charge is 0.411 e. The van der Waals surface area contributed by atoms with Crippen LogP contribution in [0, 0.1) is 0 Å². The van der Waals surface area contributed by atoms with E-state index >= 15 is 0 Å². The van der Waals surface area contributed by atoms with E-state index in [0.717, 1.165) is 0 Å². The van der Waals surface area contributed by atoms with E-state index in [1.165, 1.54) is 0 Å². The van der Waals surface area contributed by atoms with E-state index in [-0.39, 0.29) is 6.54 Å². The monoisotopic (exact) mass is 205 g/mol. The molecule has 1 heterocycles. The third-order valence-corrected chi connectivity index (χ3v) is 1.61. The Bertz CT molecular complexity index is 180. The lowest BCUT2D eigenvalue weighted by Gasteiger charge is -2.18. The third-order valence-electron chi connectivity index (χ3n) is 1.61. The van der Waals surface area contributed by atoms with Gasteiger partial charge in [-0.2, -0.15) is 13.2 Å². The molecule has 1 aliphatic heterocycles. The molecule has 1 rings (SSSR count). The lowest BCUT2D eigenvalue weighted by Crippen LogP contribution is -2.36. The average molecular weight is 205 g/mol. The molecule has 1 fully saturated rings. The van der Waals surface area contributed by atoms with Gasteiger partial charge in [-0.3, -0.25) is 0 Å². The molecule has 0 saturated carbocycles. The molecule has 0 bridgehead atoms. The van der Waals surface area contributed by atoms with Crippen LogP contribution in [0.15, 0.2) is 0 Å². The first kappa shape index (κ1) is 10.6. The van der Waals surface area contributed by atoms with Gasteiger partial charge in [-0.1, -0.05) is 0 Å². The Morgan fingerprint density at radius 2 is 2.00 bits per heavy atom. The predicted octanol–water partition coefficient (Wildman–Crippen LogP) is 1.17. The van der Waals surface area contributed by atoms with Crippen LogP contribution in [0.1, 0.15) is 0 Å². The summed E-state index contributed by atoms with van der Waals surface area (Å²) in [6, 6.07) is 0. The maximum atomic E-state index is 12.6. The molecule has 0 radical (unpaired) electrons. The first-order valence-electron chi connectivity index (χ1n) is 3.58. The number of ether oxygens (including phenoxy) is 1. The van der Waals surface area contributed by atoms with E-state index < -0.39 is 31.4 Å². The van der Waals surface area contributed by atoms with Gasteiger partial charge in [0, 0.05) is 6.54 Å². The summed E-state index contributed by atoms with van der Waals surface area (Å²) in [5.74, 6) is -3.20. The summed E-state index contributed by atoms with van der Waals surface area (Å²) in [7, 11) is 0. The zero-order valence-electron chi connectivity index (χ0n) is 6.50. The summed E-state index contributed by atoms with van der Waals surface area (Å²) in [4.78, 5) is 0. The van der Waals surface area contributed by atoms with E-state index in [2.05, 4.69) is 10.1 Å². The molecule has 0 aromatic rings. The summed E-state index contributed by atoms with van der Waals surface area (Å²) in [6.07, 6.45) is -6.23. The van der Waals surface area contributed by atoms with Crippen LogP contribution in [0.5, 0.6) is 0 Å². The van der Waals surface area contributed by atoms with Crippen molar-refractivity contribution in [1.29, 1.82) is 0 Å². The molecule has 2 nitrogen and oxygen atoms in total. The van der Waals surface area contributed by atoms with Gasteiger partial charge in [0.1, 0.15) is 12.7 Å². The smallest absolute Gasteiger partial charge is 0.361 e. The van der Waals surface area contributed by atoms with Crippen LogP contribution in [-0.4, -0.2) is 37.9 Å². The van der Waals surface area contributed by atoms with Crippen molar-refractivity contribution in [3.8, 4) is 0 Å². The van der Waals surface area contributed by atoms with Crippen LogP contribution in [0.4, 0.5) is 22.0 Å². The first-order chi connectivity index (χ1) is 5.81. The highest BCUT2D eigenvalue weighted by molar-refractivity contribution is 4.89. The van der Waals surface area contributed by atoms with Crippen molar-refractivity contribution in [2.75, 3.05) is 19.7 Å². The minimum absolute atomic E-state index is 0.247. The van der Waals surface area contributed by atoms with E-state index in [0.29, 0.717) is 0 Å². The highest BCUT2D eigenvalue weighted by atomic mass is 19.4. The topological polar surface area (TPSA) is 21.3 Å². The van der Waals surface area contributed by atoms with Gasteiger partial charge in [0.25, 0.3) is 5.92 Å².